The average Bonchev–Trinajstić information content (AvgIpc) is 2.45. The number of nitrogens with one attached hydrogen (secondary N) is 2. The van der Waals surface area contributed by atoms with Crippen molar-refractivity contribution < 1.29 is 0 Å². The van der Waals surface area contributed by atoms with E-state index in [1.54, 1.807) is 0 Å². The summed E-state index contributed by atoms with van der Waals surface area (Å²) in [6, 6.07) is 0. The van der Waals surface area contributed by atoms with Crippen molar-refractivity contribution in [2.75, 3.05) is 42.2 Å². The molecule has 1 aromatic rings. The fourth-order valence-corrected chi connectivity index (χ4v) is 2.09. The minimum atomic E-state index is 0.563. The van der Waals surface area contributed by atoms with Crippen molar-refractivity contribution in [2.45, 2.75) is 33.1 Å². The van der Waals surface area contributed by atoms with E-state index in [0.717, 1.165) is 25.6 Å². The average molecular weight is 264 g/mol. The summed E-state index contributed by atoms with van der Waals surface area (Å²) >= 11 is 0. The van der Waals surface area contributed by atoms with Gasteiger partial charge < -0.3 is 15.5 Å². The molecule has 0 radical (unpaired) electrons. The molecular formula is C13H24N6. The molecule has 1 aromatic heterocycles. The molecule has 0 saturated carbocycles. The lowest BCUT2D eigenvalue weighted by Crippen LogP contribution is -2.31. The summed E-state index contributed by atoms with van der Waals surface area (Å²) in [4.78, 5) is 15.6. The van der Waals surface area contributed by atoms with Crippen LogP contribution in [0.5, 0.6) is 0 Å². The van der Waals surface area contributed by atoms with Crippen LogP contribution in [0.1, 0.15) is 33.1 Å². The van der Waals surface area contributed by atoms with Gasteiger partial charge in [-0.3, -0.25) is 0 Å². The van der Waals surface area contributed by atoms with E-state index < -0.39 is 0 Å². The molecule has 6 heteroatoms. The molecule has 0 aliphatic carbocycles. The number of aromatic nitrogens is 3. The maximum absolute atomic E-state index is 4.53. The SMILES string of the molecule is CNc1nc(NCC(C)C)nc(N2CCCCC2)n1. The van der Waals surface area contributed by atoms with Crippen molar-refractivity contribution in [3.05, 3.63) is 0 Å². The first-order valence-electron chi connectivity index (χ1n) is 7.11. The van der Waals surface area contributed by atoms with Gasteiger partial charge in [-0.1, -0.05) is 13.8 Å². The quantitative estimate of drug-likeness (QED) is 0.847. The Morgan fingerprint density at radius 2 is 1.74 bits per heavy atom. The lowest BCUT2D eigenvalue weighted by molar-refractivity contribution is 0.567. The Balaban J connectivity index is 2.14. The summed E-state index contributed by atoms with van der Waals surface area (Å²) in [7, 11) is 1.83. The molecular weight excluding hydrogens is 240 g/mol. The van der Waals surface area contributed by atoms with Crippen molar-refractivity contribution in [3.8, 4) is 0 Å². The molecule has 2 heterocycles. The number of rotatable bonds is 5. The smallest absolute Gasteiger partial charge is 0.231 e. The molecule has 0 unspecified atom stereocenters. The molecule has 2 N–H and O–H groups in total. The molecule has 2 rings (SSSR count). The second-order valence-corrected chi connectivity index (χ2v) is 5.36. The lowest BCUT2D eigenvalue weighted by Gasteiger charge is -2.27. The highest BCUT2D eigenvalue weighted by molar-refractivity contribution is 5.43. The van der Waals surface area contributed by atoms with Gasteiger partial charge >= 0.3 is 0 Å². The van der Waals surface area contributed by atoms with Crippen molar-refractivity contribution in [3.63, 3.8) is 0 Å². The predicted molar refractivity (Wildman–Crippen MR) is 78.8 cm³/mol. The fourth-order valence-electron chi connectivity index (χ4n) is 2.09. The van der Waals surface area contributed by atoms with Crippen LogP contribution in [-0.2, 0) is 0 Å². The molecule has 0 aromatic carbocycles. The minimum Gasteiger partial charge on any atom is -0.357 e. The monoisotopic (exact) mass is 264 g/mol. The number of anilines is 3. The van der Waals surface area contributed by atoms with Gasteiger partial charge in [0, 0.05) is 26.7 Å². The molecule has 19 heavy (non-hydrogen) atoms. The van der Waals surface area contributed by atoms with E-state index in [1.165, 1.54) is 19.3 Å². The molecule has 0 spiro atoms. The highest BCUT2D eigenvalue weighted by Crippen LogP contribution is 2.18. The standard InChI is InChI=1S/C13H24N6/c1-10(2)9-15-12-16-11(14-3)17-13(18-12)19-7-5-4-6-8-19/h10H,4-9H2,1-3H3,(H2,14,15,16,17,18). The van der Waals surface area contributed by atoms with Crippen molar-refractivity contribution >= 4 is 17.8 Å². The number of hydrogen-bond acceptors (Lipinski definition) is 6. The minimum absolute atomic E-state index is 0.563. The zero-order chi connectivity index (χ0) is 13.7. The summed E-state index contributed by atoms with van der Waals surface area (Å²) in [6.07, 6.45) is 3.74. The third-order valence-corrected chi connectivity index (χ3v) is 3.15. The highest BCUT2D eigenvalue weighted by atomic mass is 15.3. The number of hydrogen-bond donors (Lipinski definition) is 2. The van der Waals surface area contributed by atoms with Crippen LogP contribution in [0.15, 0.2) is 0 Å². The van der Waals surface area contributed by atoms with Crippen LogP contribution >= 0.6 is 0 Å². The third kappa shape index (κ3) is 3.94. The Hall–Kier alpha value is -1.59. The van der Waals surface area contributed by atoms with Crippen LogP contribution in [0.25, 0.3) is 0 Å². The molecule has 1 saturated heterocycles. The maximum Gasteiger partial charge on any atom is 0.231 e. The van der Waals surface area contributed by atoms with Gasteiger partial charge in [-0.25, -0.2) is 0 Å². The normalized spacial score (nSPS) is 15.7. The molecule has 106 valence electrons. The highest BCUT2D eigenvalue weighted by Gasteiger charge is 2.15. The molecule has 0 atom stereocenters. The van der Waals surface area contributed by atoms with E-state index in [0.29, 0.717) is 17.8 Å². The van der Waals surface area contributed by atoms with Gasteiger partial charge in [-0.2, -0.15) is 15.0 Å². The summed E-state index contributed by atoms with van der Waals surface area (Å²) in [6.45, 7) is 7.28. The van der Waals surface area contributed by atoms with Gasteiger partial charge in [0.15, 0.2) is 0 Å². The van der Waals surface area contributed by atoms with E-state index in [2.05, 4.69) is 44.3 Å². The topological polar surface area (TPSA) is 66.0 Å². The zero-order valence-corrected chi connectivity index (χ0v) is 12.1. The number of nitrogens with zero attached hydrogens (tertiary/aromatic N) is 4. The molecule has 1 aliphatic rings. The van der Waals surface area contributed by atoms with E-state index in [-0.39, 0.29) is 0 Å². The Morgan fingerprint density at radius 1 is 1.05 bits per heavy atom. The number of piperidine rings is 1. The van der Waals surface area contributed by atoms with Gasteiger partial charge in [0.2, 0.25) is 17.8 Å². The van der Waals surface area contributed by atoms with Crippen molar-refractivity contribution in [1.29, 1.82) is 0 Å². The van der Waals surface area contributed by atoms with E-state index in [9.17, 15) is 0 Å². The van der Waals surface area contributed by atoms with E-state index in [4.69, 9.17) is 0 Å². The molecule has 1 fully saturated rings. The zero-order valence-electron chi connectivity index (χ0n) is 12.1. The Labute approximate surface area is 115 Å². The van der Waals surface area contributed by atoms with Gasteiger partial charge in [0.25, 0.3) is 0 Å². The molecule has 0 amide bonds. The Bertz CT molecular complexity index is 400. The van der Waals surface area contributed by atoms with Crippen molar-refractivity contribution in [2.24, 2.45) is 5.92 Å². The van der Waals surface area contributed by atoms with Crippen LogP contribution in [0.4, 0.5) is 17.8 Å². The first-order chi connectivity index (χ1) is 9.19. The summed E-state index contributed by atoms with van der Waals surface area (Å²) < 4.78 is 0. The predicted octanol–water partition coefficient (Wildman–Crippen LogP) is 1.97. The first-order valence-corrected chi connectivity index (χ1v) is 7.11. The summed E-state index contributed by atoms with van der Waals surface area (Å²) in [5, 5.41) is 6.28. The molecule has 0 bridgehead atoms. The Morgan fingerprint density at radius 3 is 2.37 bits per heavy atom. The van der Waals surface area contributed by atoms with Gasteiger partial charge in [0.05, 0.1) is 0 Å². The largest absolute Gasteiger partial charge is 0.357 e. The van der Waals surface area contributed by atoms with Crippen LogP contribution in [0.3, 0.4) is 0 Å². The second-order valence-electron chi connectivity index (χ2n) is 5.36. The lowest BCUT2D eigenvalue weighted by atomic mass is 10.1. The van der Waals surface area contributed by atoms with Gasteiger partial charge in [-0.15, -0.1) is 0 Å². The maximum atomic E-state index is 4.53. The Kier molecular flexibility index (Phi) is 4.76. The van der Waals surface area contributed by atoms with Crippen LogP contribution in [0, 0.1) is 5.92 Å². The van der Waals surface area contributed by atoms with Crippen LogP contribution in [-0.4, -0.2) is 41.6 Å². The summed E-state index contributed by atoms with van der Waals surface area (Å²) in [5.41, 5.74) is 0. The third-order valence-electron chi connectivity index (χ3n) is 3.15. The van der Waals surface area contributed by atoms with Gasteiger partial charge in [-0.05, 0) is 25.2 Å². The second kappa shape index (κ2) is 6.54. The molecule has 1 aliphatic heterocycles. The van der Waals surface area contributed by atoms with Crippen molar-refractivity contribution in [1.82, 2.24) is 15.0 Å². The summed E-state index contributed by atoms with van der Waals surface area (Å²) in [5.74, 6) is 2.63. The van der Waals surface area contributed by atoms with Crippen LogP contribution < -0.4 is 15.5 Å². The first kappa shape index (κ1) is 13.8. The van der Waals surface area contributed by atoms with Crippen LogP contribution in [0.2, 0.25) is 0 Å². The fraction of sp³-hybridized carbons (Fsp3) is 0.769. The van der Waals surface area contributed by atoms with E-state index in [1.807, 2.05) is 7.05 Å². The molecule has 6 nitrogen and oxygen atoms in total. The van der Waals surface area contributed by atoms with E-state index >= 15 is 0 Å². The van der Waals surface area contributed by atoms with Gasteiger partial charge in [0.1, 0.15) is 0 Å².